The molecule has 0 saturated carbocycles. The van der Waals surface area contributed by atoms with Crippen molar-refractivity contribution in [2.45, 2.75) is 20.8 Å². The first-order valence-electron chi connectivity index (χ1n) is 5.42. The molecule has 0 N–H and O–H groups in total. The minimum absolute atomic E-state index is 0.826. The number of hydrogen-bond acceptors (Lipinski definition) is 0. The minimum atomic E-state index is 0.826. The fourth-order valence-electron chi connectivity index (χ4n) is 2.07. The molecule has 0 aliphatic heterocycles. The molecule has 0 fully saturated rings. The molecular weight excluding hydrogens is 216 g/mol. The van der Waals surface area contributed by atoms with Crippen molar-refractivity contribution < 1.29 is 0 Å². The molecule has 2 aromatic carbocycles. The number of aryl methyl sites for hydroxylation is 3. The number of rotatable bonds is 1. The summed E-state index contributed by atoms with van der Waals surface area (Å²) >= 11 is 6.28. The summed E-state index contributed by atoms with van der Waals surface area (Å²) in [5.41, 5.74) is 6.16. The van der Waals surface area contributed by atoms with Gasteiger partial charge < -0.3 is 0 Å². The molecule has 0 radical (unpaired) electrons. The molecule has 16 heavy (non-hydrogen) atoms. The monoisotopic (exact) mass is 230 g/mol. The Morgan fingerprint density at radius 1 is 0.875 bits per heavy atom. The van der Waals surface area contributed by atoms with E-state index in [0.717, 1.165) is 10.6 Å². The van der Waals surface area contributed by atoms with Crippen LogP contribution in [0.1, 0.15) is 16.7 Å². The van der Waals surface area contributed by atoms with Crippen LogP contribution < -0.4 is 0 Å². The van der Waals surface area contributed by atoms with Gasteiger partial charge in [0.1, 0.15) is 0 Å². The average Bonchev–Trinajstić information content (AvgIpc) is 2.20. The highest BCUT2D eigenvalue weighted by atomic mass is 35.5. The van der Waals surface area contributed by atoms with Crippen molar-refractivity contribution in [2.24, 2.45) is 0 Å². The maximum Gasteiger partial charge on any atom is 0.0487 e. The summed E-state index contributed by atoms with van der Waals surface area (Å²) in [6.07, 6.45) is 0. The predicted octanol–water partition coefficient (Wildman–Crippen LogP) is 4.93. The second kappa shape index (κ2) is 4.31. The van der Waals surface area contributed by atoms with Crippen molar-refractivity contribution in [1.29, 1.82) is 0 Å². The first kappa shape index (κ1) is 11.2. The largest absolute Gasteiger partial charge is 0.0837 e. The van der Waals surface area contributed by atoms with E-state index < -0.39 is 0 Å². The van der Waals surface area contributed by atoms with E-state index in [2.05, 4.69) is 45.0 Å². The van der Waals surface area contributed by atoms with Crippen LogP contribution in [0.5, 0.6) is 0 Å². The maximum atomic E-state index is 6.28. The zero-order valence-corrected chi connectivity index (χ0v) is 10.6. The van der Waals surface area contributed by atoms with Gasteiger partial charge in [-0.15, -0.1) is 0 Å². The fraction of sp³-hybridized carbons (Fsp3) is 0.200. The van der Waals surface area contributed by atoms with E-state index in [1.165, 1.54) is 22.3 Å². The topological polar surface area (TPSA) is 0 Å². The van der Waals surface area contributed by atoms with Gasteiger partial charge in [-0.05, 0) is 43.5 Å². The van der Waals surface area contributed by atoms with Crippen LogP contribution in [-0.4, -0.2) is 0 Å². The number of halogens is 1. The van der Waals surface area contributed by atoms with Gasteiger partial charge in [-0.25, -0.2) is 0 Å². The highest BCUT2D eigenvalue weighted by Gasteiger charge is 2.08. The summed E-state index contributed by atoms with van der Waals surface area (Å²) in [4.78, 5) is 0. The molecule has 0 saturated heterocycles. The lowest BCUT2D eigenvalue weighted by atomic mass is 9.95. The molecule has 0 aromatic heterocycles. The van der Waals surface area contributed by atoms with Gasteiger partial charge in [-0.3, -0.25) is 0 Å². The van der Waals surface area contributed by atoms with Crippen LogP contribution in [0.2, 0.25) is 5.02 Å². The molecule has 2 rings (SSSR count). The van der Waals surface area contributed by atoms with E-state index >= 15 is 0 Å². The molecule has 0 spiro atoms. The summed E-state index contributed by atoms with van der Waals surface area (Å²) in [6.45, 7) is 6.34. The predicted molar refractivity (Wildman–Crippen MR) is 71.1 cm³/mol. The van der Waals surface area contributed by atoms with Crippen LogP contribution >= 0.6 is 11.6 Å². The molecule has 0 amide bonds. The lowest BCUT2D eigenvalue weighted by molar-refractivity contribution is 1.36. The Morgan fingerprint density at radius 2 is 1.62 bits per heavy atom. The number of hydrogen-bond donors (Lipinski definition) is 0. The normalized spacial score (nSPS) is 10.5. The van der Waals surface area contributed by atoms with Crippen molar-refractivity contribution in [2.75, 3.05) is 0 Å². The van der Waals surface area contributed by atoms with Crippen LogP contribution in [-0.2, 0) is 0 Å². The van der Waals surface area contributed by atoms with Crippen LogP contribution in [0, 0.1) is 20.8 Å². The third-order valence-electron chi connectivity index (χ3n) is 2.87. The molecule has 2 aromatic rings. The molecule has 82 valence electrons. The van der Waals surface area contributed by atoms with Gasteiger partial charge in [-0.2, -0.15) is 0 Å². The van der Waals surface area contributed by atoms with Gasteiger partial charge in [0.15, 0.2) is 0 Å². The molecule has 0 bridgehead atoms. The van der Waals surface area contributed by atoms with Gasteiger partial charge in [0, 0.05) is 10.6 Å². The molecular formula is C15H15Cl. The molecule has 0 heterocycles. The summed E-state index contributed by atoms with van der Waals surface area (Å²) in [6, 6.07) is 12.5. The van der Waals surface area contributed by atoms with Gasteiger partial charge in [-0.1, -0.05) is 47.5 Å². The van der Waals surface area contributed by atoms with Crippen molar-refractivity contribution in [1.82, 2.24) is 0 Å². The van der Waals surface area contributed by atoms with Crippen LogP contribution in [0.3, 0.4) is 0 Å². The summed E-state index contributed by atoms with van der Waals surface area (Å²) in [5.74, 6) is 0. The van der Waals surface area contributed by atoms with E-state index in [-0.39, 0.29) is 0 Å². The van der Waals surface area contributed by atoms with Crippen molar-refractivity contribution in [3.05, 3.63) is 58.1 Å². The van der Waals surface area contributed by atoms with Crippen LogP contribution in [0.25, 0.3) is 11.1 Å². The minimum Gasteiger partial charge on any atom is -0.0837 e. The van der Waals surface area contributed by atoms with Crippen molar-refractivity contribution in [3.63, 3.8) is 0 Å². The van der Waals surface area contributed by atoms with Gasteiger partial charge >= 0.3 is 0 Å². The Morgan fingerprint density at radius 3 is 2.25 bits per heavy atom. The van der Waals surface area contributed by atoms with Gasteiger partial charge in [0.2, 0.25) is 0 Å². The van der Waals surface area contributed by atoms with Crippen molar-refractivity contribution >= 4 is 11.6 Å². The smallest absolute Gasteiger partial charge is 0.0487 e. The molecule has 0 aliphatic rings. The Balaban J connectivity index is 2.68. The van der Waals surface area contributed by atoms with E-state index in [1.807, 2.05) is 12.1 Å². The van der Waals surface area contributed by atoms with Crippen LogP contribution in [0.4, 0.5) is 0 Å². The molecule has 0 aliphatic carbocycles. The molecule has 1 heteroatoms. The Bertz CT molecular complexity index is 507. The van der Waals surface area contributed by atoms with E-state index in [4.69, 9.17) is 11.6 Å². The van der Waals surface area contributed by atoms with Gasteiger partial charge in [0.25, 0.3) is 0 Å². The van der Waals surface area contributed by atoms with E-state index in [0.29, 0.717) is 0 Å². The van der Waals surface area contributed by atoms with Crippen molar-refractivity contribution in [3.8, 4) is 11.1 Å². The Labute approximate surface area is 102 Å². The summed E-state index contributed by atoms with van der Waals surface area (Å²) < 4.78 is 0. The molecule has 0 nitrogen and oxygen atoms in total. The quantitative estimate of drug-likeness (QED) is 0.652. The first-order valence-corrected chi connectivity index (χ1v) is 5.80. The SMILES string of the molecule is Cc1ccc(-c2c(C)cccc2Cl)c(C)c1. The number of benzene rings is 2. The van der Waals surface area contributed by atoms with E-state index in [1.54, 1.807) is 0 Å². The van der Waals surface area contributed by atoms with Gasteiger partial charge in [0.05, 0.1) is 0 Å². The third kappa shape index (κ3) is 1.98. The van der Waals surface area contributed by atoms with Crippen LogP contribution in [0.15, 0.2) is 36.4 Å². The first-order chi connectivity index (χ1) is 7.59. The third-order valence-corrected chi connectivity index (χ3v) is 3.19. The standard InChI is InChI=1S/C15H15Cl/c1-10-7-8-13(12(3)9-10)15-11(2)5-4-6-14(15)16/h4-9H,1-3H3. The van der Waals surface area contributed by atoms with E-state index in [9.17, 15) is 0 Å². The Hall–Kier alpha value is -1.27. The second-order valence-electron chi connectivity index (χ2n) is 4.25. The zero-order valence-electron chi connectivity index (χ0n) is 9.84. The molecule has 0 atom stereocenters. The lowest BCUT2D eigenvalue weighted by Crippen LogP contribution is -1.89. The lowest BCUT2D eigenvalue weighted by Gasteiger charge is -2.11. The maximum absolute atomic E-state index is 6.28. The highest BCUT2D eigenvalue weighted by Crippen LogP contribution is 2.33. The summed E-state index contributed by atoms with van der Waals surface area (Å²) in [5, 5.41) is 0.826. The second-order valence-corrected chi connectivity index (χ2v) is 4.66. The highest BCUT2D eigenvalue weighted by molar-refractivity contribution is 6.33. The Kier molecular flexibility index (Phi) is 3.02. The average molecular weight is 231 g/mol. The fourth-order valence-corrected chi connectivity index (χ4v) is 2.39. The molecule has 0 unspecified atom stereocenters. The zero-order chi connectivity index (χ0) is 11.7. The summed E-state index contributed by atoms with van der Waals surface area (Å²) in [7, 11) is 0.